The summed E-state index contributed by atoms with van der Waals surface area (Å²) < 4.78 is 5.70. The van der Waals surface area contributed by atoms with Gasteiger partial charge in [-0.3, -0.25) is 9.69 Å². The van der Waals surface area contributed by atoms with E-state index in [1.807, 2.05) is 68.4 Å². The molecular weight excluding hydrogens is 649 g/mol. The Morgan fingerprint density at radius 1 is 0.788 bits per heavy atom. The van der Waals surface area contributed by atoms with Gasteiger partial charge in [-0.05, 0) is 80.7 Å². The van der Waals surface area contributed by atoms with Crippen LogP contribution in [0, 0.1) is 0 Å². The SMILES string of the molecule is CC(C)(C)OC(=O)N1CCC[C@H]1c1ncc(C2=CCC(c3ccc(-c4cnc([C@@H]5CCCN5C(=O)Cc5ccccc5)[nH]4)cc3)c3ccccc32)[nH]1. The lowest BCUT2D eigenvalue weighted by molar-refractivity contribution is -0.131. The van der Waals surface area contributed by atoms with Crippen LogP contribution in [0.4, 0.5) is 4.79 Å². The van der Waals surface area contributed by atoms with Gasteiger partial charge in [0.15, 0.2) is 0 Å². The number of nitrogens with zero attached hydrogens (tertiary/aromatic N) is 4. The van der Waals surface area contributed by atoms with Crippen molar-refractivity contribution in [2.45, 2.75) is 82.9 Å². The third-order valence-corrected chi connectivity index (χ3v) is 10.6. The Kier molecular flexibility index (Phi) is 9.03. The Hall–Kier alpha value is -5.44. The van der Waals surface area contributed by atoms with E-state index in [2.05, 4.69) is 64.6 Å². The number of aromatic amines is 2. The van der Waals surface area contributed by atoms with Crippen molar-refractivity contribution in [3.05, 3.63) is 137 Å². The molecule has 3 aliphatic rings. The summed E-state index contributed by atoms with van der Waals surface area (Å²) in [5.41, 5.74) is 8.34. The minimum absolute atomic E-state index is 0.0306. The van der Waals surface area contributed by atoms with Crippen LogP contribution in [-0.2, 0) is 16.0 Å². The highest BCUT2D eigenvalue weighted by Crippen LogP contribution is 2.42. The quantitative estimate of drug-likeness (QED) is 0.177. The summed E-state index contributed by atoms with van der Waals surface area (Å²) >= 11 is 0. The molecule has 3 aromatic carbocycles. The van der Waals surface area contributed by atoms with E-state index in [9.17, 15) is 9.59 Å². The van der Waals surface area contributed by atoms with Crippen LogP contribution >= 0.6 is 0 Å². The van der Waals surface area contributed by atoms with Gasteiger partial charge in [-0.15, -0.1) is 0 Å². The van der Waals surface area contributed by atoms with E-state index in [0.29, 0.717) is 13.0 Å². The predicted molar refractivity (Wildman–Crippen MR) is 201 cm³/mol. The molecule has 5 aromatic rings. The minimum Gasteiger partial charge on any atom is -0.444 e. The van der Waals surface area contributed by atoms with Crippen LogP contribution in [-0.4, -0.2) is 60.4 Å². The first-order chi connectivity index (χ1) is 25.2. The maximum Gasteiger partial charge on any atom is 0.410 e. The summed E-state index contributed by atoms with van der Waals surface area (Å²) in [4.78, 5) is 46.6. The van der Waals surface area contributed by atoms with Crippen LogP contribution in [0.15, 0.2) is 97.3 Å². The summed E-state index contributed by atoms with van der Waals surface area (Å²) in [7, 11) is 0. The number of allylic oxidation sites excluding steroid dienone is 1. The predicted octanol–water partition coefficient (Wildman–Crippen LogP) is 8.75. The maximum absolute atomic E-state index is 13.2. The van der Waals surface area contributed by atoms with Crippen LogP contribution in [0.3, 0.4) is 0 Å². The molecule has 0 bridgehead atoms. The average Bonchev–Trinajstić information content (AvgIpc) is 3.98. The van der Waals surface area contributed by atoms with Gasteiger partial charge in [-0.1, -0.05) is 84.9 Å². The molecule has 2 fully saturated rings. The van der Waals surface area contributed by atoms with Gasteiger partial charge < -0.3 is 19.6 Å². The van der Waals surface area contributed by atoms with Crippen molar-refractivity contribution in [3.8, 4) is 11.3 Å². The number of nitrogens with one attached hydrogen (secondary N) is 2. The van der Waals surface area contributed by atoms with E-state index in [1.165, 1.54) is 16.7 Å². The highest BCUT2D eigenvalue weighted by atomic mass is 16.6. The minimum atomic E-state index is -0.544. The van der Waals surface area contributed by atoms with Gasteiger partial charge >= 0.3 is 6.09 Å². The first-order valence-corrected chi connectivity index (χ1v) is 18.5. The molecule has 2 N–H and O–H groups in total. The Morgan fingerprint density at radius 3 is 2.15 bits per heavy atom. The fraction of sp³-hybridized carbons (Fsp3) is 0.349. The monoisotopic (exact) mass is 694 g/mol. The number of amides is 2. The molecule has 9 heteroatoms. The number of imidazole rings is 2. The first kappa shape index (κ1) is 33.7. The molecule has 2 saturated heterocycles. The molecule has 2 amide bonds. The van der Waals surface area contributed by atoms with Gasteiger partial charge in [-0.25, -0.2) is 14.8 Å². The van der Waals surface area contributed by atoms with Gasteiger partial charge in [-0.2, -0.15) is 0 Å². The standard InChI is InChI=1S/C43H46N6O3/c1-43(2,3)52-42(51)49-24-10-16-38(49)41-45-27-36(47-41)34-22-21-31(32-13-7-8-14-33(32)34)29-17-19-30(20-18-29)35-26-44-40(46-35)37-15-9-23-48(37)39(50)25-28-11-5-4-6-12-28/h4-8,11-14,17-20,22,26-27,31,37-38H,9-10,15-16,21,23-25H2,1-3H3,(H,44,46)(H,45,47)/t31?,37-,38-/m0/s1. The largest absolute Gasteiger partial charge is 0.444 e. The normalized spacial score (nSPS) is 20.1. The van der Waals surface area contributed by atoms with Crippen molar-refractivity contribution in [3.63, 3.8) is 0 Å². The van der Waals surface area contributed by atoms with E-state index >= 15 is 0 Å². The number of hydrogen-bond donors (Lipinski definition) is 2. The van der Waals surface area contributed by atoms with E-state index in [0.717, 1.165) is 78.4 Å². The number of hydrogen-bond acceptors (Lipinski definition) is 5. The molecule has 1 unspecified atom stereocenters. The summed E-state index contributed by atoms with van der Waals surface area (Å²) in [6.45, 7) is 7.11. The number of likely N-dealkylation sites (tertiary alicyclic amines) is 2. The van der Waals surface area contributed by atoms with E-state index in [-0.39, 0.29) is 30.0 Å². The zero-order valence-corrected chi connectivity index (χ0v) is 30.1. The highest BCUT2D eigenvalue weighted by Gasteiger charge is 2.36. The van der Waals surface area contributed by atoms with Crippen LogP contribution in [0.25, 0.3) is 16.8 Å². The molecule has 2 aliphatic heterocycles. The lowest BCUT2D eigenvalue weighted by Gasteiger charge is -2.28. The van der Waals surface area contributed by atoms with Crippen molar-refractivity contribution in [2.75, 3.05) is 13.1 Å². The van der Waals surface area contributed by atoms with Gasteiger partial charge in [0.05, 0.1) is 42.3 Å². The molecule has 4 heterocycles. The van der Waals surface area contributed by atoms with Crippen LogP contribution in [0.1, 0.15) is 110 Å². The van der Waals surface area contributed by atoms with Gasteiger partial charge in [0.25, 0.3) is 0 Å². The number of carbonyl (C=O) groups is 2. The summed E-state index contributed by atoms with van der Waals surface area (Å²) in [5, 5.41) is 0. The van der Waals surface area contributed by atoms with Crippen LogP contribution < -0.4 is 0 Å². The maximum atomic E-state index is 13.2. The Bertz CT molecular complexity index is 2090. The van der Waals surface area contributed by atoms with Crippen LogP contribution in [0.2, 0.25) is 0 Å². The number of rotatable bonds is 7. The van der Waals surface area contributed by atoms with E-state index in [4.69, 9.17) is 14.7 Å². The molecule has 52 heavy (non-hydrogen) atoms. The second-order valence-corrected chi connectivity index (χ2v) is 15.2. The molecular formula is C43H46N6O3. The Morgan fingerprint density at radius 2 is 1.42 bits per heavy atom. The Balaban J connectivity index is 0.971. The lowest BCUT2D eigenvalue weighted by atomic mass is 9.78. The Labute approximate surface area is 305 Å². The van der Waals surface area contributed by atoms with Crippen molar-refractivity contribution in [2.24, 2.45) is 0 Å². The number of fused-ring (bicyclic) bond motifs is 1. The van der Waals surface area contributed by atoms with Crippen molar-refractivity contribution < 1.29 is 14.3 Å². The number of ether oxygens (including phenoxy) is 1. The topological polar surface area (TPSA) is 107 Å². The van der Waals surface area contributed by atoms with Gasteiger partial charge in [0, 0.05) is 24.6 Å². The van der Waals surface area contributed by atoms with Gasteiger partial charge in [0.1, 0.15) is 17.2 Å². The molecule has 266 valence electrons. The first-order valence-electron chi connectivity index (χ1n) is 18.5. The number of H-pyrrole nitrogens is 2. The third-order valence-electron chi connectivity index (χ3n) is 10.6. The molecule has 2 aromatic heterocycles. The summed E-state index contributed by atoms with van der Waals surface area (Å²) in [6.07, 6.45) is 10.7. The third kappa shape index (κ3) is 6.79. The summed E-state index contributed by atoms with van der Waals surface area (Å²) in [5.74, 6) is 2.02. The number of carbonyl (C=O) groups excluding carboxylic acids is 2. The number of benzene rings is 3. The smallest absolute Gasteiger partial charge is 0.410 e. The van der Waals surface area contributed by atoms with Crippen molar-refractivity contribution in [1.29, 1.82) is 0 Å². The fourth-order valence-electron chi connectivity index (χ4n) is 8.09. The lowest BCUT2D eigenvalue weighted by Crippen LogP contribution is -2.36. The molecule has 0 spiro atoms. The molecule has 3 atom stereocenters. The second-order valence-electron chi connectivity index (χ2n) is 15.2. The fourth-order valence-corrected chi connectivity index (χ4v) is 8.09. The van der Waals surface area contributed by atoms with Crippen LogP contribution in [0.5, 0.6) is 0 Å². The van der Waals surface area contributed by atoms with E-state index < -0.39 is 5.60 Å². The molecule has 0 radical (unpaired) electrons. The molecule has 9 nitrogen and oxygen atoms in total. The summed E-state index contributed by atoms with van der Waals surface area (Å²) in [6, 6.07) is 27.2. The van der Waals surface area contributed by atoms with E-state index in [1.54, 1.807) is 4.90 Å². The molecule has 0 saturated carbocycles. The van der Waals surface area contributed by atoms with Gasteiger partial charge in [0.2, 0.25) is 5.91 Å². The zero-order chi connectivity index (χ0) is 35.8. The average molecular weight is 695 g/mol. The molecule has 1 aliphatic carbocycles. The van der Waals surface area contributed by atoms with Crippen molar-refractivity contribution >= 4 is 17.6 Å². The van der Waals surface area contributed by atoms with Crippen molar-refractivity contribution in [1.82, 2.24) is 29.7 Å². The molecule has 8 rings (SSSR count). The second kappa shape index (κ2) is 13.9. The zero-order valence-electron chi connectivity index (χ0n) is 30.1. The number of aromatic nitrogens is 4. The highest BCUT2D eigenvalue weighted by molar-refractivity contribution is 5.82.